The van der Waals surface area contributed by atoms with Gasteiger partial charge in [0, 0.05) is 0 Å². The molecule has 0 saturated carbocycles. The Kier molecular flexibility index (Phi) is 5.84. The van der Waals surface area contributed by atoms with Crippen LogP contribution in [0, 0.1) is 11.3 Å². The molecule has 0 bridgehead atoms. The van der Waals surface area contributed by atoms with E-state index in [9.17, 15) is 8.78 Å². The van der Waals surface area contributed by atoms with Gasteiger partial charge in [0.1, 0.15) is 0 Å². The zero-order valence-electron chi connectivity index (χ0n) is 13.1. The van der Waals surface area contributed by atoms with Crippen LogP contribution in [0.1, 0.15) is 35.6 Å². The monoisotopic (exact) mass is 315 g/mol. The zero-order valence-corrected chi connectivity index (χ0v) is 13.1. The van der Waals surface area contributed by atoms with E-state index in [0.717, 1.165) is 24.0 Å². The molecule has 0 spiro atoms. The predicted molar refractivity (Wildman–Crippen MR) is 85.1 cm³/mol. The number of benzene rings is 2. The maximum Gasteiger partial charge on any atom is 0.383 e. The lowest BCUT2D eigenvalue weighted by atomic mass is 10.1. The number of aryl methyl sites for hydroxylation is 1. The van der Waals surface area contributed by atoms with Crippen molar-refractivity contribution >= 4 is 0 Å². The minimum Gasteiger partial charge on any atom is -0.316 e. The van der Waals surface area contributed by atoms with Crippen molar-refractivity contribution in [3.8, 4) is 6.07 Å². The summed E-state index contributed by atoms with van der Waals surface area (Å²) in [5.41, 5.74) is 2.33. The summed E-state index contributed by atoms with van der Waals surface area (Å²) >= 11 is 0. The third kappa shape index (κ3) is 4.87. The molecule has 2 aromatic carbocycles. The topological polar surface area (TPSA) is 33.0 Å². The van der Waals surface area contributed by atoms with E-state index in [1.165, 1.54) is 12.1 Å². The molecular formula is C19H19F2NO. The molecule has 0 amide bonds. The van der Waals surface area contributed by atoms with Crippen LogP contribution in [0.4, 0.5) is 8.78 Å². The highest BCUT2D eigenvalue weighted by atomic mass is 19.3. The first-order valence-electron chi connectivity index (χ1n) is 7.65. The molecule has 4 heteroatoms. The van der Waals surface area contributed by atoms with Crippen molar-refractivity contribution in [2.75, 3.05) is 6.61 Å². The minimum absolute atomic E-state index is 0.0877. The fraction of sp³-hybridized carbons (Fsp3) is 0.316. The Balaban J connectivity index is 1.91. The summed E-state index contributed by atoms with van der Waals surface area (Å²) < 4.78 is 32.8. The van der Waals surface area contributed by atoms with Crippen molar-refractivity contribution in [1.29, 1.82) is 5.26 Å². The van der Waals surface area contributed by atoms with Gasteiger partial charge in [-0.3, -0.25) is 0 Å². The summed E-state index contributed by atoms with van der Waals surface area (Å²) in [6, 6.07) is 15.1. The predicted octanol–water partition coefficient (Wildman–Crippen LogP) is 4.82. The van der Waals surface area contributed by atoms with Crippen LogP contribution in [-0.2, 0) is 23.7 Å². The number of hydrogen-bond donors (Lipinski definition) is 0. The smallest absolute Gasteiger partial charge is 0.316 e. The Labute approximate surface area is 135 Å². The number of halogens is 2. The van der Waals surface area contributed by atoms with Gasteiger partial charge in [0.05, 0.1) is 23.8 Å². The summed E-state index contributed by atoms with van der Waals surface area (Å²) in [5, 5.41) is 8.72. The van der Waals surface area contributed by atoms with Gasteiger partial charge < -0.3 is 4.74 Å². The van der Waals surface area contributed by atoms with Crippen molar-refractivity contribution < 1.29 is 13.5 Å². The molecule has 120 valence electrons. The van der Waals surface area contributed by atoms with E-state index in [-0.39, 0.29) is 12.2 Å². The number of hydrogen-bond acceptors (Lipinski definition) is 2. The largest absolute Gasteiger partial charge is 0.383 e. The van der Waals surface area contributed by atoms with Crippen molar-refractivity contribution in [3.05, 3.63) is 70.8 Å². The summed E-state index contributed by atoms with van der Waals surface area (Å²) in [6.45, 7) is 1.96. The van der Waals surface area contributed by atoms with Crippen molar-refractivity contribution in [3.63, 3.8) is 0 Å². The molecule has 0 aromatic heterocycles. The summed E-state index contributed by atoms with van der Waals surface area (Å²) in [7, 11) is 0. The van der Waals surface area contributed by atoms with Crippen LogP contribution in [-0.4, -0.2) is 6.61 Å². The van der Waals surface area contributed by atoms with Gasteiger partial charge in [-0.05, 0) is 36.1 Å². The third-order valence-electron chi connectivity index (χ3n) is 3.59. The summed E-state index contributed by atoms with van der Waals surface area (Å²) in [6.07, 6.45) is -1.06. The molecule has 2 nitrogen and oxygen atoms in total. The van der Waals surface area contributed by atoms with E-state index in [0.29, 0.717) is 12.0 Å². The minimum atomic E-state index is -3.29. The highest BCUT2D eigenvalue weighted by Gasteiger charge is 2.32. The molecule has 2 rings (SSSR count). The standard InChI is InChI=1S/C19H19F2NO/c1-2-3-15-8-10-18(11-9-15)19(20,21)23-13-12-16-4-6-17(14-22)7-5-16/h4-11H,2-3,12-13H2,1H3. The van der Waals surface area contributed by atoms with Crippen LogP contribution >= 0.6 is 0 Å². The summed E-state index contributed by atoms with van der Waals surface area (Å²) in [4.78, 5) is 0. The van der Waals surface area contributed by atoms with E-state index in [2.05, 4.69) is 6.92 Å². The van der Waals surface area contributed by atoms with Gasteiger partial charge in [-0.2, -0.15) is 14.0 Å². The molecule has 0 heterocycles. The Bertz CT molecular complexity index is 657. The summed E-state index contributed by atoms with van der Waals surface area (Å²) in [5.74, 6) is 0. The molecular weight excluding hydrogens is 296 g/mol. The number of rotatable bonds is 7. The Morgan fingerprint density at radius 1 is 0.957 bits per heavy atom. The van der Waals surface area contributed by atoms with Gasteiger partial charge in [0.15, 0.2) is 0 Å². The quantitative estimate of drug-likeness (QED) is 0.734. The molecule has 0 radical (unpaired) electrons. The molecule has 0 unspecified atom stereocenters. The van der Waals surface area contributed by atoms with Crippen LogP contribution in [0.25, 0.3) is 0 Å². The second-order valence-electron chi connectivity index (χ2n) is 5.37. The maximum absolute atomic E-state index is 14.0. The fourth-order valence-electron chi connectivity index (χ4n) is 2.28. The second kappa shape index (κ2) is 7.85. The van der Waals surface area contributed by atoms with E-state index < -0.39 is 6.11 Å². The first-order valence-corrected chi connectivity index (χ1v) is 7.65. The van der Waals surface area contributed by atoms with Gasteiger partial charge in [-0.15, -0.1) is 0 Å². The first-order chi connectivity index (χ1) is 11.0. The van der Waals surface area contributed by atoms with Gasteiger partial charge in [0.2, 0.25) is 0 Å². The number of ether oxygens (including phenoxy) is 1. The normalized spacial score (nSPS) is 11.2. The average molecular weight is 315 g/mol. The molecule has 2 aromatic rings. The molecule has 23 heavy (non-hydrogen) atoms. The maximum atomic E-state index is 14.0. The van der Waals surface area contributed by atoms with Crippen LogP contribution in [0.3, 0.4) is 0 Å². The molecule has 0 aliphatic heterocycles. The SMILES string of the molecule is CCCc1ccc(C(F)(F)OCCc2ccc(C#N)cc2)cc1. The van der Waals surface area contributed by atoms with Gasteiger partial charge >= 0.3 is 6.11 Å². The number of alkyl halides is 2. The lowest BCUT2D eigenvalue weighted by Crippen LogP contribution is -2.19. The van der Waals surface area contributed by atoms with Gasteiger partial charge in [-0.1, -0.05) is 49.7 Å². The highest BCUT2D eigenvalue weighted by molar-refractivity contribution is 5.31. The van der Waals surface area contributed by atoms with E-state index in [1.54, 1.807) is 36.4 Å². The van der Waals surface area contributed by atoms with Crippen molar-refractivity contribution in [2.45, 2.75) is 32.3 Å². The molecule has 0 aliphatic carbocycles. The van der Waals surface area contributed by atoms with Crippen LogP contribution in [0.5, 0.6) is 0 Å². The van der Waals surface area contributed by atoms with E-state index in [4.69, 9.17) is 10.00 Å². The Hall–Kier alpha value is -2.25. The third-order valence-corrected chi connectivity index (χ3v) is 3.59. The van der Waals surface area contributed by atoms with Crippen LogP contribution in [0.2, 0.25) is 0 Å². The molecule has 0 N–H and O–H groups in total. The highest BCUT2D eigenvalue weighted by Crippen LogP contribution is 2.29. The molecule has 0 atom stereocenters. The fourth-order valence-corrected chi connectivity index (χ4v) is 2.28. The lowest BCUT2D eigenvalue weighted by Gasteiger charge is -2.17. The zero-order chi connectivity index (χ0) is 16.7. The van der Waals surface area contributed by atoms with Crippen molar-refractivity contribution in [1.82, 2.24) is 0 Å². The molecule has 0 aliphatic rings. The molecule has 0 fully saturated rings. The Morgan fingerprint density at radius 2 is 1.52 bits per heavy atom. The van der Waals surface area contributed by atoms with Crippen molar-refractivity contribution in [2.24, 2.45) is 0 Å². The number of nitriles is 1. The van der Waals surface area contributed by atoms with Gasteiger partial charge in [0.25, 0.3) is 0 Å². The average Bonchev–Trinajstić information content (AvgIpc) is 2.56. The van der Waals surface area contributed by atoms with Gasteiger partial charge in [-0.25, -0.2) is 0 Å². The van der Waals surface area contributed by atoms with Crippen LogP contribution < -0.4 is 0 Å². The Morgan fingerprint density at radius 3 is 2.09 bits per heavy atom. The van der Waals surface area contributed by atoms with E-state index >= 15 is 0 Å². The lowest BCUT2D eigenvalue weighted by molar-refractivity contribution is -0.248. The second-order valence-corrected chi connectivity index (χ2v) is 5.37. The van der Waals surface area contributed by atoms with E-state index in [1.807, 2.05) is 6.07 Å². The molecule has 0 saturated heterocycles. The van der Waals surface area contributed by atoms with Crippen LogP contribution in [0.15, 0.2) is 48.5 Å². The first kappa shape index (κ1) is 17.1. The number of nitrogens with zero attached hydrogens (tertiary/aromatic N) is 1.